The Morgan fingerprint density at radius 3 is 2.36 bits per heavy atom. The van der Waals surface area contributed by atoms with Crippen molar-refractivity contribution in [2.24, 2.45) is 4.99 Å². The summed E-state index contributed by atoms with van der Waals surface area (Å²) in [5.74, 6) is -0.0173. The van der Waals surface area contributed by atoms with Crippen LogP contribution in [0.3, 0.4) is 0 Å². The van der Waals surface area contributed by atoms with Gasteiger partial charge in [-0.2, -0.15) is 0 Å². The van der Waals surface area contributed by atoms with Gasteiger partial charge in [-0.3, -0.25) is 9.46 Å². The molecule has 1 aliphatic heterocycles. The van der Waals surface area contributed by atoms with Crippen LogP contribution in [0.2, 0.25) is 0 Å². The lowest BCUT2D eigenvalue weighted by Gasteiger charge is -2.26. The van der Waals surface area contributed by atoms with E-state index in [0.717, 1.165) is 44.1 Å². The molecule has 0 spiro atoms. The Balaban J connectivity index is 1.57. The zero-order chi connectivity index (χ0) is 27.2. The van der Waals surface area contributed by atoms with E-state index in [1.54, 1.807) is 32.0 Å². The number of nitrogens with one attached hydrogen (secondary N) is 1. The largest absolute Gasteiger partial charge is 0.494 e. The first-order valence-corrected chi connectivity index (χ1v) is 14.8. The molecule has 0 aliphatic carbocycles. The van der Waals surface area contributed by atoms with Gasteiger partial charge in [0.25, 0.3) is 0 Å². The van der Waals surface area contributed by atoms with E-state index in [0.29, 0.717) is 27.5 Å². The van der Waals surface area contributed by atoms with Crippen molar-refractivity contribution in [1.82, 2.24) is 9.88 Å². The minimum absolute atomic E-state index is 0.0173. The molecule has 204 valence electrons. The van der Waals surface area contributed by atoms with Crippen LogP contribution in [-0.2, 0) is 24.9 Å². The second-order valence-electron chi connectivity index (χ2n) is 9.29. The molecule has 5 rings (SSSR count). The molecular formula is C30H34N3O5P. The maximum atomic E-state index is 13.5. The van der Waals surface area contributed by atoms with Gasteiger partial charge < -0.3 is 23.9 Å². The molecule has 2 heterocycles. The highest BCUT2D eigenvalue weighted by atomic mass is 31.2. The van der Waals surface area contributed by atoms with Crippen molar-refractivity contribution in [2.75, 3.05) is 39.5 Å². The van der Waals surface area contributed by atoms with Gasteiger partial charge in [-0.15, -0.1) is 0 Å². The standard InChI is InChI=1S/C30H34N3O5P/c1-3-37-39(35,38-4-2)25-14-15-27-26(20-25)28(30(34)32-27)29(23-8-6-5-7-9-23)31-24-12-10-22(11-13-24)21-33-16-18-36-19-17-33/h5-15,20,32,34H,3-4,16-19,21H2,1-2H3. The predicted molar refractivity (Wildman–Crippen MR) is 155 cm³/mol. The third kappa shape index (κ3) is 6.16. The molecule has 1 saturated heterocycles. The van der Waals surface area contributed by atoms with Gasteiger partial charge in [-0.05, 0) is 49.7 Å². The molecule has 0 amide bonds. The quantitative estimate of drug-likeness (QED) is 0.193. The monoisotopic (exact) mass is 547 g/mol. The second kappa shape index (κ2) is 12.3. The molecule has 0 radical (unpaired) electrons. The number of benzene rings is 3. The number of morpholine rings is 1. The predicted octanol–water partition coefficient (Wildman–Crippen LogP) is 5.77. The van der Waals surface area contributed by atoms with E-state index >= 15 is 0 Å². The molecule has 0 saturated carbocycles. The van der Waals surface area contributed by atoms with Crippen molar-refractivity contribution in [2.45, 2.75) is 20.4 Å². The minimum Gasteiger partial charge on any atom is -0.494 e. The molecule has 4 aromatic rings. The van der Waals surface area contributed by atoms with Crippen molar-refractivity contribution in [3.05, 3.63) is 89.5 Å². The maximum absolute atomic E-state index is 13.5. The summed E-state index contributed by atoms with van der Waals surface area (Å²) in [6, 6.07) is 23.1. The summed E-state index contributed by atoms with van der Waals surface area (Å²) in [5, 5.41) is 12.2. The van der Waals surface area contributed by atoms with Crippen LogP contribution >= 0.6 is 7.60 Å². The molecule has 3 aromatic carbocycles. The summed E-state index contributed by atoms with van der Waals surface area (Å²) in [5.41, 5.74) is 4.62. The Hall–Kier alpha value is -3.26. The van der Waals surface area contributed by atoms with Crippen LogP contribution < -0.4 is 5.30 Å². The molecule has 2 N–H and O–H groups in total. The Labute approximate surface area is 228 Å². The Kier molecular flexibility index (Phi) is 8.60. The molecule has 8 nitrogen and oxygen atoms in total. The second-order valence-corrected chi connectivity index (χ2v) is 11.3. The van der Waals surface area contributed by atoms with Crippen LogP contribution in [0.15, 0.2) is 77.8 Å². The van der Waals surface area contributed by atoms with Gasteiger partial charge in [-0.25, -0.2) is 4.99 Å². The van der Waals surface area contributed by atoms with Crippen LogP contribution in [0, 0.1) is 0 Å². The first-order chi connectivity index (χ1) is 19.0. The van der Waals surface area contributed by atoms with E-state index in [1.165, 1.54) is 5.56 Å². The number of aliphatic imine (C=N–C) groups is 1. The lowest BCUT2D eigenvalue weighted by Crippen LogP contribution is -2.35. The fourth-order valence-corrected chi connectivity index (χ4v) is 6.38. The Morgan fingerprint density at radius 2 is 1.69 bits per heavy atom. The van der Waals surface area contributed by atoms with Gasteiger partial charge in [-0.1, -0.05) is 42.5 Å². The van der Waals surface area contributed by atoms with E-state index in [2.05, 4.69) is 22.0 Å². The molecule has 1 fully saturated rings. The summed E-state index contributed by atoms with van der Waals surface area (Å²) in [6.45, 7) is 8.32. The zero-order valence-corrected chi connectivity index (χ0v) is 23.2. The summed E-state index contributed by atoms with van der Waals surface area (Å²) >= 11 is 0. The molecule has 0 bridgehead atoms. The molecule has 1 aromatic heterocycles. The number of hydrogen-bond acceptors (Lipinski definition) is 7. The van der Waals surface area contributed by atoms with Gasteiger partial charge in [0.05, 0.1) is 48.7 Å². The highest BCUT2D eigenvalue weighted by Gasteiger charge is 2.28. The molecule has 39 heavy (non-hydrogen) atoms. The lowest BCUT2D eigenvalue weighted by atomic mass is 10.0. The number of aromatic hydroxyl groups is 1. The van der Waals surface area contributed by atoms with Crippen LogP contribution in [0.5, 0.6) is 5.88 Å². The van der Waals surface area contributed by atoms with Crippen molar-refractivity contribution >= 4 is 35.2 Å². The molecular weight excluding hydrogens is 513 g/mol. The van der Waals surface area contributed by atoms with E-state index in [4.69, 9.17) is 18.8 Å². The number of rotatable bonds is 10. The Morgan fingerprint density at radius 1 is 1.00 bits per heavy atom. The molecule has 1 aliphatic rings. The van der Waals surface area contributed by atoms with Crippen molar-refractivity contribution in [3.8, 4) is 5.88 Å². The molecule has 0 atom stereocenters. The number of fused-ring (bicyclic) bond motifs is 1. The van der Waals surface area contributed by atoms with E-state index < -0.39 is 7.60 Å². The third-order valence-corrected chi connectivity index (χ3v) is 8.75. The fourth-order valence-electron chi connectivity index (χ4n) is 4.79. The van der Waals surface area contributed by atoms with Gasteiger partial charge in [0.2, 0.25) is 0 Å². The van der Waals surface area contributed by atoms with Gasteiger partial charge in [0.1, 0.15) is 0 Å². The van der Waals surface area contributed by atoms with Crippen molar-refractivity contribution in [1.29, 1.82) is 0 Å². The number of aromatic nitrogens is 1. The van der Waals surface area contributed by atoms with Crippen LogP contribution in [-0.4, -0.2) is 60.2 Å². The van der Waals surface area contributed by atoms with E-state index in [-0.39, 0.29) is 19.1 Å². The molecule has 0 unspecified atom stereocenters. The van der Waals surface area contributed by atoms with Gasteiger partial charge in [0, 0.05) is 36.1 Å². The summed E-state index contributed by atoms with van der Waals surface area (Å²) in [7, 11) is -3.52. The smallest absolute Gasteiger partial charge is 0.361 e. The summed E-state index contributed by atoms with van der Waals surface area (Å²) < 4.78 is 30.1. The fraction of sp³-hybridized carbons (Fsp3) is 0.300. The first kappa shape index (κ1) is 27.3. The third-order valence-electron chi connectivity index (χ3n) is 6.65. The topological polar surface area (TPSA) is 96.4 Å². The number of ether oxygens (including phenoxy) is 1. The SMILES string of the molecule is CCOP(=O)(OCC)c1ccc2[nH]c(O)c(C(=Nc3ccc(CN4CCOCC4)cc3)c3ccccc3)c2c1. The minimum atomic E-state index is -3.52. The number of H-pyrrole nitrogens is 1. The van der Waals surface area contributed by atoms with Gasteiger partial charge >= 0.3 is 7.60 Å². The van der Waals surface area contributed by atoms with E-state index in [1.807, 2.05) is 42.5 Å². The number of nitrogens with zero attached hydrogens (tertiary/aromatic N) is 2. The average molecular weight is 548 g/mol. The molecule has 9 heteroatoms. The highest BCUT2D eigenvalue weighted by molar-refractivity contribution is 7.62. The maximum Gasteiger partial charge on any atom is 0.361 e. The van der Waals surface area contributed by atoms with Crippen LogP contribution in [0.4, 0.5) is 5.69 Å². The first-order valence-electron chi connectivity index (χ1n) is 13.3. The normalized spacial score (nSPS) is 15.2. The van der Waals surface area contributed by atoms with Gasteiger partial charge in [0.15, 0.2) is 5.88 Å². The zero-order valence-electron chi connectivity index (χ0n) is 22.3. The van der Waals surface area contributed by atoms with Crippen molar-refractivity contribution in [3.63, 3.8) is 0 Å². The van der Waals surface area contributed by atoms with Crippen LogP contribution in [0.25, 0.3) is 10.9 Å². The summed E-state index contributed by atoms with van der Waals surface area (Å²) in [6.07, 6.45) is 0. The number of aromatic amines is 1. The number of hydrogen-bond donors (Lipinski definition) is 2. The summed E-state index contributed by atoms with van der Waals surface area (Å²) in [4.78, 5) is 10.4. The van der Waals surface area contributed by atoms with Crippen molar-refractivity contribution < 1.29 is 23.5 Å². The highest BCUT2D eigenvalue weighted by Crippen LogP contribution is 2.47. The lowest BCUT2D eigenvalue weighted by molar-refractivity contribution is 0.0342. The Bertz CT molecular complexity index is 1470. The van der Waals surface area contributed by atoms with Crippen LogP contribution in [0.1, 0.15) is 30.5 Å². The average Bonchev–Trinajstić information content (AvgIpc) is 3.28. The van der Waals surface area contributed by atoms with E-state index in [9.17, 15) is 9.67 Å².